The highest BCUT2D eigenvalue weighted by atomic mass is 15.1. The molecule has 0 fully saturated rings. The van der Waals surface area contributed by atoms with Crippen molar-refractivity contribution in [2.45, 2.75) is 32.7 Å². The van der Waals surface area contributed by atoms with E-state index in [9.17, 15) is 0 Å². The van der Waals surface area contributed by atoms with Gasteiger partial charge in [-0.25, -0.2) is 4.98 Å². The number of benzene rings is 1. The molecule has 0 saturated carbocycles. The Kier molecular flexibility index (Phi) is 3.47. The Morgan fingerprint density at radius 2 is 1.89 bits per heavy atom. The SMILES string of the molecule is C=CCn1c(C(C)(C)C)nc(-c2ccccc2)c1N. The molecule has 1 heterocycles. The van der Waals surface area contributed by atoms with E-state index in [4.69, 9.17) is 10.7 Å². The summed E-state index contributed by atoms with van der Waals surface area (Å²) in [6.45, 7) is 10.9. The lowest BCUT2D eigenvalue weighted by molar-refractivity contribution is 0.515. The molecule has 2 N–H and O–H groups in total. The van der Waals surface area contributed by atoms with Gasteiger partial charge in [-0.1, -0.05) is 57.2 Å². The van der Waals surface area contributed by atoms with Crippen LogP contribution in [0.2, 0.25) is 0 Å². The molecule has 0 aliphatic carbocycles. The molecule has 0 amide bonds. The van der Waals surface area contributed by atoms with Crippen molar-refractivity contribution in [1.82, 2.24) is 9.55 Å². The van der Waals surface area contributed by atoms with E-state index in [-0.39, 0.29) is 5.41 Å². The monoisotopic (exact) mass is 255 g/mol. The van der Waals surface area contributed by atoms with E-state index in [0.717, 1.165) is 17.1 Å². The van der Waals surface area contributed by atoms with Crippen LogP contribution in [0, 0.1) is 0 Å². The Balaban J connectivity index is 2.62. The van der Waals surface area contributed by atoms with Gasteiger partial charge in [-0.15, -0.1) is 6.58 Å². The number of rotatable bonds is 3. The topological polar surface area (TPSA) is 43.8 Å². The van der Waals surface area contributed by atoms with Crippen LogP contribution in [0.4, 0.5) is 5.82 Å². The van der Waals surface area contributed by atoms with Crippen LogP contribution in [0.5, 0.6) is 0 Å². The molecule has 100 valence electrons. The van der Waals surface area contributed by atoms with Gasteiger partial charge < -0.3 is 10.3 Å². The van der Waals surface area contributed by atoms with Crippen molar-refractivity contribution < 1.29 is 0 Å². The molecule has 0 spiro atoms. The maximum Gasteiger partial charge on any atom is 0.132 e. The molecule has 19 heavy (non-hydrogen) atoms. The maximum atomic E-state index is 6.27. The number of hydrogen-bond acceptors (Lipinski definition) is 2. The first-order valence-corrected chi connectivity index (χ1v) is 6.48. The van der Waals surface area contributed by atoms with Gasteiger partial charge in [0, 0.05) is 17.5 Å². The second kappa shape index (κ2) is 4.92. The van der Waals surface area contributed by atoms with E-state index in [0.29, 0.717) is 12.4 Å². The zero-order valence-corrected chi connectivity index (χ0v) is 11.9. The minimum Gasteiger partial charge on any atom is -0.383 e. The first-order valence-electron chi connectivity index (χ1n) is 6.48. The summed E-state index contributed by atoms with van der Waals surface area (Å²) in [7, 11) is 0. The summed E-state index contributed by atoms with van der Waals surface area (Å²) in [6.07, 6.45) is 1.85. The van der Waals surface area contributed by atoms with Gasteiger partial charge in [0.1, 0.15) is 17.3 Å². The van der Waals surface area contributed by atoms with E-state index < -0.39 is 0 Å². The van der Waals surface area contributed by atoms with Crippen LogP contribution in [0.3, 0.4) is 0 Å². The minimum absolute atomic E-state index is 0.0514. The average Bonchev–Trinajstić information content (AvgIpc) is 2.69. The van der Waals surface area contributed by atoms with Crippen molar-refractivity contribution in [2.24, 2.45) is 0 Å². The Hall–Kier alpha value is -2.03. The van der Waals surface area contributed by atoms with Crippen LogP contribution in [-0.2, 0) is 12.0 Å². The second-order valence-corrected chi connectivity index (χ2v) is 5.68. The van der Waals surface area contributed by atoms with Gasteiger partial charge in [0.05, 0.1) is 0 Å². The van der Waals surface area contributed by atoms with Gasteiger partial charge in [0.15, 0.2) is 0 Å². The van der Waals surface area contributed by atoms with E-state index in [1.54, 1.807) is 0 Å². The third-order valence-corrected chi connectivity index (χ3v) is 3.04. The largest absolute Gasteiger partial charge is 0.383 e. The van der Waals surface area contributed by atoms with Crippen molar-refractivity contribution >= 4 is 5.82 Å². The number of aromatic nitrogens is 2. The number of anilines is 1. The highest BCUT2D eigenvalue weighted by Gasteiger charge is 2.24. The molecule has 1 aromatic carbocycles. The highest BCUT2D eigenvalue weighted by molar-refractivity contribution is 5.71. The smallest absolute Gasteiger partial charge is 0.132 e. The van der Waals surface area contributed by atoms with E-state index >= 15 is 0 Å². The van der Waals surface area contributed by atoms with Gasteiger partial charge in [-0.2, -0.15) is 0 Å². The third-order valence-electron chi connectivity index (χ3n) is 3.04. The van der Waals surface area contributed by atoms with Gasteiger partial charge >= 0.3 is 0 Å². The Labute approximate surface area is 114 Å². The van der Waals surface area contributed by atoms with Crippen LogP contribution in [0.15, 0.2) is 43.0 Å². The molecule has 0 radical (unpaired) electrons. The molecule has 1 aromatic heterocycles. The van der Waals surface area contributed by atoms with Gasteiger partial charge in [-0.3, -0.25) is 0 Å². The first-order chi connectivity index (χ1) is 8.95. The second-order valence-electron chi connectivity index (χ2n) is 5.68. The molecular weight excluding hydrogens is 234 g/mol. The molecule has 0 atom stereocenters. The number of hydrogen-bond donors (Lipinski definition) is 1. The quantitative estimate of drug-likeness (QED) is 0.851. The zero-order valence-electron chi connectivity index (χ0n) is 11.9. The number of nitrogen functional groups attached to an aromatic ring is 1. The van der Waals surface area contributed by atoms with Gasteiger partial charge in [0.25, 0.3) is 0 Å². The standard InChI is InChI=1S/C16H21N3/c1-5-11-19-14(17)13(12-9-7-6-8-10-12)18-15(19)16(2,3)4/h5-10H,1,11,17H2,2-4H3. The molecule has 2 rings (SSSR count). The summed E-state index contributed by atoms with van der Waals surface area (Å²) in [5.41, 5.74) is 8.12. The van der Waals surface area contributed by atoms with Gasteiger partial charge in [-0.05, 0) is 0 Å². The summed E-state index contributed by atoms with van der Waals surface area (Å²) in [4.78, 5) is 4.76. The maximum absolute atomic E-state index is 6.27. The fraction of sp³-hybridized carbons (Fsp3) is 0.312. The van der Waals surface area contributed by atoms with Crippen LogP contribution in [0.25, 0.3) is 11.3 Å². The predicted molar refractivity (Wildman–Crippen MR) is 81.0 cm³/mol. The van der Waals surface area contributed by atoms with Crippen molar-refractivity contribution in [3.05, 3.63) is 48.8 Å². The molecule has 0 unspecified atom stereocenters. The fourth-order valence-electron chi connectivity index (χ4n) is 2.16. The molecule has 0 bridgehead atoms. The van der Waals surface area contributed by atoms with E-state index in [1.165, 1.54) is 0 Å². The highest BCUT2D eigenvalue weighted by Crippen LogP contribution is 2.31. The normalized spacial score (nSPS) is 11.5. The summed E-state index contributed by atoms with van der Waals surface area (Å²) in [6, 6.07) is 10.0. The van der Waals surface area contributed by atoms with Crippen LogP contribution in [0.1, 0.15) is 26.6 Å². The Morgan fingerprint density at radius 3 is 2.42 bits per heavy atom. The Bertz CT molecular complexity index is 574. The Morgan fingerprint density at radius 1 is 1.26 bits per heavy atom. The summed E-state index contributed by atoms with van der Waals surface area (Å²) >= 11 is 0. The predicted octanol–water partition coefficient (Wildman–Crippen LogP) is 3.62. The number of nitrogens with two attached hydrogens (primary N) is 1. The van der Waals surface area contributed by atoms with Gasteiger partial charge in [0.2, 0.25) is 0 Å². The molecule has 3 heteroatoms. The summed E-state index contributed by atoms with van der Waals surface area (Å²) in [5.74, 6) is 1.69. The number of imidazole rings is 1. The minimum atomic E-state index is -0.0514. The van der Waals surface area contributed by atoms with Crippen LogP contribution >= 0.6 is 0 Å². The zero-order chi connectivity index (χ0) is 14.0. The first kappa shape index (κ1) is 13.4. The van der Waals surface area contributed by atoms with E-state index in [2.05, 4.69) is 27.4 Å². The lowest BCUT2D eigenvalue weighted by atomic mass is 9.95. The summed E-state index contributed by atoms with van der Waals surface area (Å²) < 4.78 is 2.04. The summed E-state index contributed by atoms with van der Waals surface area (Å²) in [5, 5.41) is 0. The molecule has 0 saturated heterocycles. The molecular formula is C16H21N3. The third kappa shape index (κ3) is 2.55. The number of nitrogens with zero attached hydrogens (tertiary/aromatic N) is 2. The lowest BCUT2D eigenvalue weighted by Gasteiger charge is -2.19. The molecule has 0 aliphatic rings. The number of allylic oxidation sites excluding steroid dienone is 1. The van der Waals surface area contributed by atoms with E-state index in [1.807, 2.05) is 41.0 Å². The molecule has 3 nitrogen and oxygen atoms in total. The average molecular weight is 255 g/mol. The fourth-order valence-corrected chi connectivity index (χ4v) is 2.16. The van der Waals surface area contributed by atoms with Crippen molar-refractivity contribution in [3.8, 4) is 11.3 Å². The van der Waals surface area contributed by atoms with Crippen molar-refractivity contribution in [2.75, 3.05) is 5.73 Å². The lowest BCUT2D eigenvalue weighted by Crippen LogP contribution is -2.19. The molecule has 2 aromatic rings. The van der Waals surface area contributed by atoms with Crippen LogP contribution < -0.4 is 5.73 Å². The van der Waals surface area contributed by atoms with Crippen LogP contribution in [-0.4, -0.2) is 9.55 Å². The molecule has 0 aliphatic heterocycles. The van der Waals surface area contributed by atoms with Crippen molar-refractivity contribution in [3.63, 3.8) is 0 Å². The van der Waals surface area contributed by atoms with Crippen molar-refractivity contribution in [1.29, 1.82) is 0 Å².